The fourth-order valence-corrected chi connectivity index (χ4v) is 2.99. The van der Waals surface area contributed by atoms with E-state index in [1.54, 1.807) is 0 Å². The molecule has 10 heteroatoms. The van der Waals surface area contributed by atoms with Crippen molar-refractivity contribution < 1.29 is 13.6 Å². The second-order valence-corrected chi connectivity index (χ2v) is 6.60. The monoisotopic (exact) mass is 359 g/mol. The normalized spacial score (nSPS) is 12.2. The van der Waals surface area contributed by atoms with E-state index in [1.807, 2.05) is 27.7 Å². The van der Waals surface area contributed by atoms with Crippen molar-refractivity contribution >= 4 is 8.25 Å². The maximum atomic E-state index is 11.8. The number of azide groups is 2. The van der Waals surface area contributed by atoms with Gasteiger partial charge in [-0.2, -0.15) is 0 Å². The molecule has 136 valence electrons. The number of hydrogen-bond acceptors (Lipinski definition) is 5. The van der Waals surface area contributed by atoms with Crippen LogP contribution in [0.25, 0.3) is 20.9 Å². The van der Waals surface area contributed by atoms with Gasteiger partial charge < -0.3 is 0 Å². The first-order valence-electron chi connectivity index (χ1n) is 8.32. The van der Waals surface area contributed by atoms with Crippen LogP contribution in [0.5, 0.6) is 0 Å². The highest BCUT2D eigenvalue weighted by Gasteiger charge is 2.30. The first-order chi connectivity index (χ1) is 11.5. The lowest BCUT2D eigenvalue weighted by Crippen LogP contribution is -2.26. The lowest BCUT2D eigenvalue weighted by atomic mass is 9.91. The first-order valence-corrected chi connectivity index (χ1v) is 9.42. The molecule has 0 aromatic heterocycles. The second-order valence-electron chi connectivity index (χ2n) is 5.63. The molecule has 0 heterocycles. The third kappa shape index (κ3) is 7.47. The summed E-state index contributed by atoms with van der Waals surface area (Å²) in [6.45, 7) is 8.16. The summed E-state index contributed by atoms with van der Waals surface area (Å²) in [7, 11) is -2.24. The summed E-state index contributed by atoms with van der Waals surface area (Å²) in [6.07, 6.45) is 3.74. The van der Waals surface area contributed by atoms with Crippen molar-refractivity contribution in [3.8, 4) is 0 Å². The topological polar surface area (TPSA) is 133 Å². The molecule has 24 heavy (non-hydrogen) atoms. The quantitative estimate of drug-likeness (QED) is 0.158. The summed E-state index contributed by atoms with van der Waals surface area (Å²) in [5.41, 5.74) is 16.3. The van der Waals surface area contributed by atoms with Crippen LogP contribution in [0.3, 0.4) is 0 Å². The first kappa shape index (κ1) is 22.6. The van der Waals surface area contributed by atoms with Gasteiger partial charge in [-0.1, -0.05) is 37.9 Å². The molecule has 0 fully saturated rings. The molecule has 0 aliphatic rings. The van der Waals surface area contributed by atoms with E-state index in [1.165, 1.54) is 0 Å². The molecule has 0 N–H and O–H groups in total. The maximum Gasteiger partial charge on any atom is 0.697 e. The SMILES string of the molecule is CCC(CC)(CCO[P+](=O)OCCC(CC)(CC)N=[N+]=[N-])N=[N+]=[N-]. The van der Waals surface area contributed by atoms with Crippen LogP contribution in [0.15, 0.2) is 10.2 Å². The summed E-state index contributed by atoms with van der Waals surface area (Å²) in [6, 6.07) is 0. The van der Waals surface area contributed by atoms with Crippen LogP contribution < -0.4 is 0 Å². The van der Waals surface area contributed by atoms with E-state index in [0.717, 1.165) is 0 Å². The van der Waals surface area contributed by atoms with E-state index >= 15 is 0 Å². The van der Waals surface area contributed by atoms with Gasteiger partial charge in [-0.15, -0.1) is 9.05 Å². The van der Waals surface area contributed by atoms with Crippen LogP contribution in [0.2, 0.25) is 0 Å². The van der Waals surface area contributed by atoms with E-state index in [2.05, 4.69) is 20.1 Å². The smallest absolute Gasteiger partial charge is 0.119 e. The minimum atomic E-state index is -2.24. The predicted molar refractivity (Wildman–Crippen MR) is 93.7 cm³/mol. The zero-order valence-electron chi connectivity index (χ0n) is 15.0. The Morgan fingerprint density at radius 1 is 0.833 bits per heavy atom. The minimum absolute atomic E-state index is 0.193. The van der Waals surface area contributed by atoms with Crippen molar-refractivity contribution in [2.75, 3.05) is 13.2 Å². The summed E-state index contributed by atoms with van der Waals surface area (Å²) < 4.78 is 22.2. The molecule has 0 aliphatic heterocycles. The van der Waals surface area contributed by atoms with Crippen LogP contribution in [-0.2, 0) is 13.6 Å². The van der Waals surface area contributed by atoms with Gasteiger partial charge in [0.2, 0.25) is 0 Å². The van der Waals surface area contributed by atoms with E-state index in [-0.39, 0.29) is 13.2 Å². The maximum absolute atomic E-state index is 11.8. The van der Waals surface area contributed by atoms with Crippen molar-refractivity contribution in [2.45, 2.75) is 77.3 Å². The zero-order chi connectivity index (χ0) is 18.5. The second kappa shape index (κ2) is 12.1. The van der Waals surface area contributed by atoms with Crippen molar-refractivity contribution in [3.63, 3.8) is 0 Å². The fourth-order valence-electron chi connectivity index (χ4n) is 2.44. The van der Waals surface area contributed by atoms with Crippen molar-refractivity contribution in [1.82, 2.24) is 0 Å². The summed E-state index contributed by atoms with van der Waals surface area (Å²) in [5.74, 6) is 0. The molecule has 0 aromatic rings. The van der Waals surface area contributed by atoms with E-state index < -0.39 is 19.3 Å². The third-order valence-electron chi connectivity index (χ3n) is 4.67. The average Bonchev–Trinajstić information content (AvgIpc) is 2.60. The molecule has 0 aromatic carbocycles. The molecular formula is C14H28N6O3P+. The Bertz CT molecular complexity index is 439. The Morgan fingerprint density at radius 3 is 1.42 bits per heavy atom. The van der Waals surface area contributed by atoms with Gasteiger partial charge in [-0.25, -0.2) is 0 Å². The molecule has 0 amide bonds. The molecule has 0 aliphatic carbocycles. The average molecular weight is 359 g/mol. The van der Waals surface area contributed by atoms with Gasteiger partial charge in [0.1, 0.15) is 13.2 Å². The van der Waals surface area contributed by atoms with Gasteiger partial charge in [-0.05, 0) is 49.6 Å². The van der Waals surface area contributed by atoms with Crippen LogP contribution in [0.4, 0.5) is 0 Å². The molecule has 0 spiro atoms. The van der Waals surface area contributed by atoms with Crippen LogP contribution in [0, 0.1) is 0 Å². The van der Waals surface area contributed by atoms with Gasteiger partial charge >= 0.3 is 8.25 Å². The summed E-state index contributed by atoms with van der Waals surface area (Å²) in [5, 5.41) is 7.69. The van der Waals surface area contributed by atoms with Crippen LogP contribution in [-0.4, -0.2) is 24.3 Å². The highest BCUT2D eigenvalue weighted by molar-refractivity contribution is 7.33. The van der Waals surface area contributed by atoms with Gasteiger partial charge in [0.15, 0.2) is 0 Å². The van der Waals surface area contributed by atoms with Crippen LogP contribution in [0.1, 0.15) is 66.2 Å². The molecule has 0 rings (SSSR count). The lowest BCUT2D eigenvalue weighted by molar-refractivity contribution is 0.186. The zero-order valence-corrected chi connectivity index (χ0v) is 15.9. The highest BCUT2D eigenvalue weighted by Crippen LogP contribution is 2.31. The van der Waals surface area contributed by atoms with Crippen molar-refractivity contribution in [1.29, 1.82) is 0 Å². The third-order valence-corrected chi connectivity index (χ3v) is 5.46. The molecule has 0 unspecified atom stereocenters. The highest BCUT2D eigenvalue weighted by atomic mass is 31.1. The van der Waals surface area contributed by atoms with Crippen molar-refractivity contribution in [3.05, 3.63) is 20.9 Å². The minimum Gasteiger partial charge on any atom is -0.119 e. The number of nitrogens with zero attached hydrogens (tertiary/aromatic N) is 6. The Balaban J connectivity index is 4.32. The fraction of sp³-hybridized carbons (Fsp3) is 1.00. The van der Waals surface area contributed by atoms with E-state index in [9.17, 15) is 4.57 Å². The van der Waals surface area contributed by atoms with Gasteiger partial charge in [0, 0.05) is 14.4 Å². The summed E-state index contributed by atoms with van der Waals surface area (Å²) >= 11 is 0. The van der Waals surface area contributed by atoms with E-state index in [4.69, 9.17) is 20.1 Å². The molecule has 0 radical (unpaired) electrons. The Morgan fingerprint density at radius 2 is 1.17 bits per heavy atom. The van der Waals surface area contributed by atoms with Gasteiger partial charge in [0.25, 0.3) is 0 Å². The number of rotatable bonds is 14. The number of hydrogen-bond donors (Lipinski definition) is 0. The largest absolute Gasteiger partial charge is 0.697 e. The molecule has 0 bridgehead atoms. The Hall–Kier alpha value is -1.36. The standard InChI is InChI=1S/C14H28N6O3P/c1-5-13(6-2,17-19-15)9-11-22-24(21)23-12-10-14(7-3,8-4)18-20-16/h5-12H2,1-4H3/q+1. The van der Waals surface area contributed by atoms with E-state index in [0.29, 0.717) is 38.5 Å². The van der Waals surface area contributed by atoms with Crippen molar-refractivity contribution in [2.24, 2.45) is 10.2 Å². The van der Waals surface area contributed by atoms with Gasteiger partial charge in [-0.3, -0.25) is 0 Å². The molecule has 0 saturated carbocycles. The summed E-state index contributed by atoms with van der Waals surface area (Å²) in [4.78, 5) is 5.77. The molecule has 0 saturated heterocycles. The molecular weight excluding hydrogens is 331 g/mol. The molecule has 9 nitrogen and oxygen atoms in total. The van der Waals surface area contributed by atoms with Gasteiger partial charge in [0.05, 0.1) is 11.1 Å². The predicted octanol–water partition coefficient (Wildman–Crippen LogP) is 6.20. The van der Waals surface area contributed by atoms with Crippen LogP contribution >= 0.6 is 8.25 Å². The lowest BCUT2D eigenvalue weighted by Gasteiger charge is -2.24. The molecule has 0 atom stereocenters. The Kier molecular flexibility index (Phi) is 11.4. The Labute approximate surface area is 144 Å².